The zero-order valence-electron chi connectivity index (χ0n) is 8.63. The Balaban J connectivity index is 2.84. The molecule has 0 spiro atoms. The summed E-state index contributed by atoms with van der Waals surface area (Å²) in [4.78, 5) is 3.98. The Morgan fingerprint density at radius 3 is 2.87 bits per heavy atom. The second kappa shape index (κ2) is 5.65. The average molecular weight is 212 g/mol. The average Bonchev–Trinajstić information content (AvgIpc) is 2.28. The Labute approximate surface area is 88.5 Å². The molecule has 0 aromatic carbocycles. The van der Waals surface area contributed by atoms with Gasteiger partial charge < -0.3 is 20.7 Å². The van der Waals surface area contributed by atoms with E-state index in [9.17, 15) is 10.2 Å². The Hall–Kier alpha value is -1.17. The highest BCUT2D eigenvalue weighted by Gasteiger charge is 2.22. The van der Waals surface area contributed by atoms with Gasteiger partial charge in [-0.2, -0.15) is 0 Å². The maximum atomic E-state index is 9.78. The second-order valence-corrected chi connectivity index (χ2v) is 3.18. The third-order valence-corrected chi connectivity index (χ3v) is 2.13. The standard InChI is InChI=1S/C10H16N2O3/c1-15-8-3-2-6-12-9(8)10(14)7(13)4-5-11/h2-3,6-7,10,13-14H,4-5,11H2,1H3. The number of aromatic nitrogens is 1. The zero-order valence-corrected chi connectivity index (χ0v) is 8.63. The molecule has 0 fully saturated rings. The summed E-state index contributed by atoms with van der Waals surface area (Å²) in [5.74, 6) is 0.459. The summed E-state index contributed by atoms with van der Waals surface area (Å²) in [6.45, 7) is 0.313. The number of aliphatic hydroxyl groups excluding tert-OH is 2. The van der Waals surface area contributed by atoms with E-state index in [1.165, 1.54) is 13.3 Å². The predicted molar refractivity (Wildman–Crippen MR) is 55.4 cm³/mol. The molecule has 1 rings (SSSR count). The number of rotatable bonds is 5. The van der Waals surface area contributed by atoms with E-state index in [4.69, 9.17) is 10.5 Å². The van der Waals surface area contributed by atoms with E-state index in [0.29, 0.717) is 24.4 Å². The first-order valence-electron chi connectivity index (χ1n) is 4.75. The molecule has 0 saturated heterocycles. The first-order chi connectivity index (χ1) is 7.20. The van der Waals surface area contributed by atoms with Gasteiger partial charge in [0, 0.05) is 6.20 Å². The van der Waals surface area contributed by atoms with Gasteiger partial charge in [0.05, 0.1) is 13.2 Å². The molecule has 0 saturated carbocycles. The molecule has 0 aliphatic rings. The van der Waals surface area contributed by atoms with Crippen molar-refractivity contribution < 1.29 is 14.9 Å². The number of aliphatic hydroxyl groups is 2. The quantitative estimate of drug-likeness (QED) is 0.630. The molecule has 84 valence electrons. The number of nitrogens with zero attached hydrogens (tertiary/aromatic N) is 1. The van der Waals surface area contributed by atoms with Gasteiger partial charge in [0.1, 0.15) is 17.5 Å². The molecule has 0 amide bonds. The van der Waals surface area contributed by atoms with Crippen LogP contribution in [0.5, 0.6) is 5.75 Å². The summed E-state index contributed by atoms with van der Waals surface area (Å²) in [7, 11) is 1.49. The lowest BCUT2D eigenvalue weighted by Crippen LogP contribution is -2.23. The van der Waals surface area contributed by atoms with Crippen molar-refractivity contribution in [3.8, 4) is 5.75 Å². The van der Waals surface area contributed by atoms with Crippen LogP contribution in [0, 0.1) is 0 Å². The van der Waals surface area contributed by atoms with E-state index >= 15 is 0 Å². The van der Waals surface area contributed by atoms with Crippen molar-refractivity contribution in [2.45, 2.75) is 18.6 Å². The maximum absolute atomic E-state index is 9.78. The van der Waals surface area contributed by atoms with Crippen molar-refractivity contribution in [3.63, 3.8) is 0 Å². The molecule has 0 aliphatic heterocycles. The summed E-state index contributed by atoms with van der Waals surface area (Å²) >= 11 is 0. The van der Waals surface area contributed by atoms with Crippen molar-refractivity contribution in [1.29, 1.82) is 0 Å². The SMILES string of the molecule is COc1cccnc1C(O)C(O)CCN. The van der Waals surface area contributed by atoms with Crippen molar-refractivity contribution >= 4 is 0 Å². The predicted octanol–water partition coefficient (Wildman–Crippen LogP) is -0.167. The molecule has 5 heteroatoms. The molecule has 0 radical (unpaired) electrons. The van der Waals surface area contributed by atoms with Gasteiger partial charge in [-0.3, -0.25) is 4.98 Å². The molecule has 2 unspecified atom stereocenters. The number of hydrogen-bond acceptors (Lipinski definition) is 5. The minimum Gasteiger partial charge on any atom is -0.495 e. The van der Waals surface area contributed by atoms with Crippen molar-refractivity contribution in [2.75, 3.05) is 13.7 Å². The number of nitrogens with two attached hydrogens (primary N) is 1. The Kier molecular flexibility index (Phi) is 4.48. The fourth-order valence-corrected chi connectivity index (χ4v) is 1.31. The van der Waals surface area contributed by atoms with E-state index in [2.05, 4.69) is 4.98 Å². The fraction of sp³-hybridized carbons (Fsp3) is 0.500. The summed E-state index contributed by atoms with van der Waals surface area (Å²) < 4.78 is 5.03. The minimum atomic E-state index is -1.07. The van der Waals surface area contributed by atoms with Crippen molar-refractivity contribution in [3.05, 3.63) is 24.0 Å². The summed E-state index contributed by atoms with van der Waals surface area (Å²) in [5, 5.41) is 19.3. The van der Waals surface area contributed by atoms with Crippen LogP contribution in [0.25, 0.3) is 0 Å². The molecule has 0 aliphatic carbocycles. The highest BCUT2D eigenvalue weighted by molar-refractivity contribution is 5.29. The molecular weight excluding hydrogens is 196 g/mol. The van der Waals surface area contributed by atoms with Crippen molar-refractivity contribution in [2.24, 2.45) is 5.73 Å². The smallest absolute Gasteiger partial charge is 0.143 e. The fourth-order valence-electron chi connectivity index (χ4n) is 1.31. The monoisotopic (exact) mass is 212 g/mol. The lowest BCUT2D eigenvalue weighted by molar-refractivity contribution is 0.0111. The van der Waals surface area contributed by atoms with Gasteiger partial charge in [-0.15, -0.1) is 0 Å². The summed E-state index contributed by atoms with van der Waals surface area (Å²) in [5.41, 5.74) is 5.63. The second-order valence-electron chi connectivity index (χ2n) is 3.18. The number of methoxy groups -OCH3 is 1. The summed E-state index contributed by atoms with van der Waals surface area (Å²) in [6, 6.07) is 3.38. The molecule has 1 aromatic heterocycles. The van der Waals surface area contributed by atoms with Gasteiger partial charge in [-0.05, 0) is 25.1 Å². The number of pyridine rings is 1. The number of hydrogen-bond donors (Lipinski definition) is 3. The van der Waals surface area contributed by atoms with Gasteiger partial charge in [0.15, 0.2) is 0 Å². The van der Waals surface area contributed by atoms with Crippen LogP contribution < -0.4 is 10.5 Å². The van der Waals surface area contributed by atoms with Crippen LogP contribution in [-0.2, 0) is 0 Å². The summed E-state index contributed by atoms with van der Waals surface area (Å²) in [6.07, 6.45) is -0.125. The van der Waals surface area contributed by atoms with Crippen LogP contribution >= 0.6 is 0 Å². The molecule has 0 bridgehead atoms. The lowest BCUT2D eigenvalue weighted by Gasteiger charge is -2.18. The van der Waals surface area contributed by atoms with Crippen LogP contribution in [0.3, 0.4) is 0 Å². The Morgan fingerprint density at radius 1 is 1.53 bits per heavy atom. The topological polar surface area (TPSA) is 88.6 Å². The molecule has 15 heavy (non-hydrogen) atoms. The Morgan fingerprint density at radius 2 is 2.27 bits per heavy atom. The molecular formula is C10H16N2O3. The molecule has 4 N–H and O–H groups in total. The van der Waals surface area contributed by atoms with Crippen LogP contribution in [0.2, 0.25) is 0 Å². The van der Waals surface area contributed by atoms with E-state index < -0.39 is 12.2 Å². The molecule has 5 nitrogen and oxygen atoms in total. The zero-order chi connectivity index (χ0) is 11.3. The van der Waals surface area contributed by atoms with Crippen LogP contribution in [0.15, 0.2) is 18.3 Å². The highest BCUT2D eigenvalue weighted by Crippen LogP contribution is 2.25. The first kappa shape index (κ1) is 11.9. The van der Waals surface area contributed by atoms with Crippen LogP contribution in [-0.4, -0.2) is 35.0 Å². The van der Waals surface area contributed by atoms with Gasteiger partial charge in [0.25, 0.3) is 0 Å². The van der Waals surface area contributed by atoms with Gasteiger partial charge in [-0.25, -0.2) is 0 Å². The third kappa shape index (κ3) is 2.89. The number of ether oxygens (including phenoxy) is 1. The van der Waals surface area contributed by atoms with Crippen molar-refractivity contribution in [1.82, 2.24) is 4.98 Å². The van der Waals surface area contributed by atoms with E-state index in [0.717, 1.165) is 0 Å². The van der Waals surface area contributed by atoms with E-state index in [1.807, 2.05) is 0 Å². The van der Waals surface area contributed by atoms with Gasteiger partial charge >= 0.3 is 0 Å². The lowest BCUT2D eigenvalue weighted by atomic mass is 10.1. The first-order valence-corrected chi connectivity index (χ1v) is 4.75. The molecule has 1 aromatic rings. The minimum absolute atomic E-state index is 0.313. The largest absolute Gasteiger partial charge is 0.495 e. The van der Waals surface area contributed by atoms with E-state index in [1.54, 1.807) is 12.1 Å². The third-order valence-electron chi connectivity index (χ3n) is 2.13. The van der Waals surface area contributed by atoms with Gasteiger partial charge in [0.2, 0.25) is 0 Å². The van der Waals surface area contributed by atoms with Gasteiger partial charge in [-0.1, -0.05) is 0 Å². The maximum Gasteiger partial charge on any atom is 0.143 e. The van der Waals surface area contributed by atoms with E-state index in [-0.39, 0.29) is 0 Å². The normalized spacial score (nSPS) is 14.7. The molecule has 2 atom stereocenters. The van der Waals surface area contributed by atoms with Crippen LogP contribution in [0.4, 0.5) is 0 Å². The molecule has 1 heterocycles. The van der Waals surface area contributed by atoms with Crippen LogP contribution in [0.1, 0.15) is 18.2 Å². The Bertz CT molecular complexity index is 306. The highest BCUT2D eigenvalue weighted by atomic mass is 16.5.